The van der Waals surface area contributed by atoms with E-state index in [1.807, 2.05) is 18.7 Å². The van der Waals surface area contributed by atoms with E-state index in [0.717, 1.165) is 13.1 Å². The van der Waals surface area contributed by atoms with Gasteiger partial charge >= 0.3 is 0 Å². The summed E-state index contributed by atoms with van der Waals surface area (Å²) in [6.45, 7) is 10.0. The summed E-state index contributed by atoms with van der Waals surface area (Å²) in [5, 5.41) is 0. The maximum atomic E-state index is 11.9. The van der Waals surface area contributed by atoms with Gasteiger partial charge < -0.3 is 10.6 Å². The smallest absolute Gasteiger partial charge is 0.226 e. The number of likely N-dealkylation sites (tertiary alicyclic amines) is 1. The lowest BCUT2D eigenvalue weighted by molar-refractivity contribution is -0.134. The molecule has 0 radical (unpaired) electrons. The van der Waals surface area contributed by atoms with E-state index in [2.05, 4.69) is 13.8 Å². The summed E-state index contributed by atoms with van der Waals surface area (Å²) in [4.78, 5) is 13.9. The maximum Gasteiger partial charge on any atom is 0.226 e. The van der Waals surface area contributed by atoms with Gasteiger partial charge in [-0.3, -0.25) is 4.79 Å². The highest BCUT2D eigenvalue weighted by Crippen LogP contribution is 2.23. The van der Waals surface area contributed by atoms with Crippen LogP contribution in [0.25, 0.3) is 0 Å². The van der Waals surface area contributed by atoms with Crippen LogP contribution in [0.3, 0.4) is 0 Å². The molecule has 14 heavy (non-hydrogen) atoms. The van der Waals surface area contributed by atoms with Crippen LogP contribution < -0.4 is 5.73 Å². The van der Waals surface area contributed by atoms with Crippen LogP contribution in [0.5, 0.6) is 0 Å². The molecule has 0 saturated carbocycles. The van der Waals surface area contributed by atoms with Crippen LogP contribution in [0.15, 0.2) is 0 Å². The molecule has 1 rings (SSSR count). The third-order valence-electron chi connectivity index (χ3n) is 3.48. The number of carbonyl (C=O) groups is 1. The largest absolute Gasteiger partial charge is 0.342 e. The Morgan fingerprint density at radius 3 is 2.07 bits per heavy atom. The van der Waals surface area contributed by atoms with Gasteiger partial charge in [0.1, 0.15) is 0 Å². The Hall–Kier alpha value is -0.570. The SMILES string of the molecule is CC(N)C(C)C(=O)N1CC(C)C(C)C1. The average Bonchev–Trinajstić information content (AvgIpc) is 2.44. The van der Waals surface area contributed by atoms with Gasteiger partial charge in [-0.25, -0.2) is 0 Å². The predicted molar refractivity (Wildman–Crippen MR) is 57.7 cm³/mol. The summed E-state index contributed by atoms with van der Waals surface area (Å²) >= 11 is 0. The van der Waals surface area contributed by atoms with E-state index in [1.54, 1.807) is 0 Å². The standard InChI is InChI=1S/C11H22N2O/c1-7-5-13(6-8(7)2)11(14)9(3)10(4)12/h7-10H,5-6,12H2,1-4H3. The zero-order chi connectivity index (χ0) is 10.9. The number of carbonyl (C=O) groups excluding carboxylic acids is 1. The van der Waals surface area contributed by atoms with Gasteiger partial charge in [0.15, 0.2) is 0 Å². The highest BCUT2D eigenvalue weighted by atomic mass is 16.2. The lowest BCUT2D eigenvalue weighted by Crippen LogP contribution is -2.40. The van der Waals surface area contributed by atoms with Crippen molar-refractivity contribution in [2.45, 2.75) is 33.7 Å². The Bertz CT molecular complexity index is 205. The van der Waals surface area contributed by atoms with Gasteiger partial charge in [-0.1, -0.05) is 20.8 Å². The number of nitrogens with zero attached hydrogens (tertiary/aromatic N) is 1. The minimum absolute atomic E-state index is 0.0475. The first-order valence-corrected chi connectivity index (χ1v) is 5.47. The molecule has 1 heterocycles. The second-order valence-corrected chi connectivity index (χ2v) is 4.85. The topological polar surface area (TPSA) is 46.3 Å². The van der Waals surface area contributed by atoms with Crippen molar-refractivity contribution in [3.63, 3.8) is 0 Å². The molecule has 1 fully saturated rings. The van der Waals surface area contributed by atoms with Crippen LogP contribution >= 0.6 is 0 Å². The molecular formula is C11H22N2O. The van der Waals surface area contributed by atoms with Gasteiger partial charge in [0, 0.05) is 19.1 Å². The zero-order valence-corrected chi connectivity index (χ0v) is 9.66. The van der Waals surface area contributed by atoms with E-state index in [9.17, 15) is 4.79 Å². The van der Waals surface area contributed by atoms with Crippen molar-refractivity contribution in [3.05, 3.63) is 0 Å². The first kappa shape index (κ1) is 11.5. The Morgan fingerprint density at radius 1 is 1.29 bits per heavy atom. The Labute approximate surface area is 86.6 Å². The van der Waals surface area contributed by atoms with E-state index in [1.165, 1.54) is 0 Å². The highest BCUT2D eigenvalue weighted by molar-refractivity contribution is 5.79. The molecule has 0 spiro atoms. The van der Waals surface area contributed by atoms with Crippen molar-refractivity contribution in [1.82, 2.24) is 4.90 Å². The minimum Gasteiger partial charge on any atom is -0.342 e. The Morgan fingerprint density at radius 2 is 1.71 bits per heavy atom. The third kappa shape index (κ3) is 2.27. The van der Waals surface area contributed by atoms with Gasteiger partial charge in [-0.15, -0.1) is 0 Å². The molecule has 1 aliphatic rings. The van der Waals surface area contributed by atoms with Crippen molar-refractivity contribution in [2.75, 3.05) is 13.1 Å². The first-order chi connectivity index (χ1) is 6.43. The summed E-state index contributed by atoms with van der Waals surface area (Å²) in [5.41, 5.74) is 5.73. The molecule has 0 bridgehead atoms. The molecule has 1 amide bonds. The summed E-state index contributed by atoms with van der Waals surface area (Å²) in [6.07, 6.45) is 0. The van der Waals surface area contributed by atoms with Crippen LogP contribution in [-0.4, -0.2) is 29.9 Å². The third-order valence-corrected chi connectivity index (χ3v) is 3.48. The Kier molecular flexibility index (Phi) is 3.53. The van der Waals surface area contributed by atoms with Crippen LogP contribution in [0, 0.1) is 17.8 Å². The van der Waals surface area contributed by atoms with E-state index in [0.29, 0.717) is 11.8 Å². The Balaban J connectivity index is 2.55. The summed E-state index contributed by atoms with van der Waals surface area (Å²) in [5.74, 6) is 1.42. The number of amides is 1. The average molecular weight is 198 g/mol. The highest BCUT2D eigenvalue weighted by Gasteiger charge is 2.32. The molecule has 1 saturated heterocycles. The molecule has 4 atom stereocenters. The van der Waals surface area contributed by atoms with Crippen molar-refractivity contribution in [2.24, 2.45) is 23.5 Å². The molecule has 2 N–H and O–H groups in total. The fraction of sp³-hybridized carbons (Fsp3) is 0.909. The fourth-order valence-corrected chi connectivity index (χ4v) is 1.82. The number of hydrogen-bond acceptors (Lipinski definition) is 2. The van der Waals surface area contributed by atoms with E-state index in [4.69, 9.17) is 5.73 Å². The van der Waals surface area contributed by atoms with Crippen LogP contribution in [0.4, 0.5) is 0 Å². The monoisotopic (exact) mass is 198 g/mol. The normalized spacial score (nSPS) is 31.6. The summed E-state index contributed by atoms with van der Waals surface area (Å²) in [7, 11) is 0. The van der Waals surface area contributed by atoms with Gasteiger partial charge in [-0.2, -0.15) is 0 Å². The van der Waals surface area contributed by atoms with Crippen LogP contribution in [0.1, 0.15) is 27.7 Å². The molecular weight excluding hydrogens is 176 g/mol. The molecule has 0 aromatic carbocycles. The zero-order valence-electron chi connectivity index (χ0n) is 9.66. The van der Waals surface area contributed by atoms with Crippen molar-refractivity contribution < 1.29 is 4.79 Å². The fourth-order valence-electron chi connectivity index (χ4n) is 1.82. The van der Waals surface area contributed by atoms with Gasteiger partial charge in [-0.05, 0) is 18.8 Å². The van der Waals surface area contributed by atoms with E-state index in [-0.39, 0.29) is 17.9 Å². The van der Waals surface area contributed by atoms with E-state index < -0.39 is 0 Å². The van der Waals surface area contributed by atoms with Crippen molar-refractivity contribution in [1.29, 1.82) is 0 Å². The molecule has 82 valence electrons. The first-order valence-electron chi connectivity index (χ1n) is 5.47. The van der Waals surface area contributed by atoms with Crippen molar-refractivity contribution in [3.8, 4) is 0 Å². The number of hydrogen-bond donors (Lipinski definition) is 1. The maximum absolute atomic E-state index is 11.9. The molecule has 3 heteroatoms. The van der Waals surface area contributed by atoms with E-state index >= 15 is 0 Å². The lowest BCUT2D eigenvalue weighted by Gasteiger charge is -2.23. The van der Waals surface area contributed by atoms with Gasteiger partial charge in [0.25, 0.3) is 0 Å². The quantitative estimate of drug-likeness (QED) is 0.722. The number of nitrogens with two attached hydrogens (primary N) is 1. The minimum atomic E-state index is -0.0486. The second-order valence-electron chi connectivity index (χ2n) is 4.85. The molecule has 0 aliphatic carbocycles. The summed E-state index contributed by atoms with van der Waals surface area (Å²) < 4.78 is 0. The molecule has 4 unspecified atom stereocenters. The summed E-state index contributed by atoms with van der Waals surface area (Å²) in [6, 6.07) is -0.0475. The van der Waals surface area contributed by atoms with Gasteiger partial charge in [0.05, 0.1) is 5.92 Å². The lowest BCUT2D eigenvalue weighted by atomic mass is 10.0. The van der Waals surface area contributed by atoms with Crippen LogP contribution in [0.2, 0.25) is 0 Å². The second kappa shape index (κ2) is 4.30. The molecule has 0 aromatic heterocycles. The van der Waals surface area contributed by atoms with Gasteiger partial charge in [0.2, 0.25) is 5.91 Å². The molecule has 1 aliphatic heterocycles. The van der Waals surface area contributed by atoms with Crippen LogP contribution in [-0.2, 0) is 4.79 Å². The van der Waals surface area contributed by atoms with Crippen molar-refractivity contribution >= 4 is 5.91 Å². The molecule has 0 aromatic rings. The predicted octanol–water partition coefficient (Wildman–Crippen LogP) is 1.08. The molecule has 3 nitrogen and oxygen atoms in total. The number of rotatable bonds is 2.